The fourth-order valence-electron chi connectivity index (χ4n) is 6.94. The molecule has 6 aromatic carbocycles. The molecule has 1 aliphatic rings. The fourth-order valence-corrected chi connectivity index (χ4v) is 7.88. The molecule has 0 saturated heterocycles. The number of rotatable bonds is 9. The van der Waals surface area contributed by atoms with E-state index in [-0.39, 0.29) is 0 Å². The molecule has 0 saturated carbocycles. The molecule has 0 N–H and O–H groups in total. The number of hydrogen-bond donors (Lipinski definition) is 0. The van der Waals surface area contributed by atoms with Gasteiger partial charge in [-0.15, -0.1) is 11.3 Å². The van der Waals surface area contributed by atoms with Gasteiger partial charge in [-0.25, -0.2) is 15.0 Å². The molecule has 0 bridgehead atoms. The summed E-state index contributed by atoms with van der Waals surface area (Å²) in [6, 6.07) is 63.6. The van der Waals surface area contributed by atoms with Crippen molar-refractivity contribution in [2.75, 3.05) is 4.90 Å². The second-order valence-electron chi connectivity index (χ2n) is 13.2. The van der Waals surface area contributed by atoms with Gasteiger partial charge >= 0.3 is 0 Å². The van der Waals surface area contributed by atoms with Crippen LogP contribution in [0.2, 0.25) is 0 Å². The van der Waals surface area contributed by atoms with Gasteiger partial charge in [-0.2, -0.15) is 0 Å². The minimum atomic E-state index is 0.662. The molecule has 0 radical (unpaired) electrons. The van der Waals surface area contributed by atoms with Crippen molar-refractivity contribution in [1.82, 2.24) is 15.0 Å². The smallest absolute Gasteiger partial charge is 0.174 e. The first-order chi connectivity index (χ1) is 26.7. The first-order valence-corrected chi connectivity index (χ1v) is 19.1. The highest BCUT2D eigenvalue weighted by Gasteiger charge is 2.20. The van der Waals surface area contributed by atoms with E-state index in [1.165, 1.54) is 28.0 Å². The molecule has 0 unspecified atom stereocenters. The van der Waals surface area contributed by atoms with Crippen LogP contribution in [0, 0.1) is 0 Å². The quantitative estimate of drug-likeness (QED) is 0.149. The van der Waals surface area contributed by atoms with Crippen LogP contribution in [0.1, 0.15) is 18.4 Å². The second kappa shape index (κ2) is 15.1. The highest BCUT2D eigenvalue weighted by atomic mass is 32.1. The summed E-state index contributed by atoms with van der Waals surface area (Å²) in [5.74, 6) is 1.99. The summed E-state index contributed by atoms with van der Waals surface area (Å²) in [6.07, 6.45) is 6.63. The fraction of sp³-hybridized carbons (Fsp3) is 0.0408. The maximum absolute atomic E-state index is 4.98. The minimum Gasteiger partial charge on any atom is -0.314 e. The monoisotopic (exact) mass is 712 g/mol. The molecule has 258 valence electrons. The summed E-state index contributed by atoms with van der Waals surface area (Å²) >= 11 is 1.70. The Hall–Kier alpha value is -6.69. The van der Waals surface area contributed by atoms with Crippen LogP contribution >= 0.6 is 11.3 Å². The molecule has 0 amide bonds. The summed E-state index contributed by atoms with van der Waals surface area (Å²) < 4.78 is 0. The first kappa shape index (κ1) is 33.2. The summed E-state index contributed by atoms with van der Waals surface area (Å²) in [7, 11) is 0. The van der Waals surface area contributed by atoms with Gasteiger partial charge in [0.1, 0.15) is 0 Å². The lowest BCUT2D eigenvalue weighted by molar-refractivity contribution is 0.921. The van der Waals surface area contributed by atoms with Crippen LogP contribution in [0.15, 0.2) is 200 Å². The van der Waals surface area contributed by atoms with Crippen LogP contribution < -0.4 is 4.90 Å². The molecule has 0 atom stereocenters. The van der Waals surface area contributed by atoms with E-state index in [1.54, 1.807) is 11.3 Å². The van der Waals surface area contributed by atoms with E-state index in [4.69, 9.17) is 15.0 Å². The molecule has 54 heavy (non-hydrogen) atoms. The predicted molar refractivity (Wildman–Crippen MR) is 225 cm³/mol. The largest absolute Gasteiger partial charge is 0.314 e. The second-order valence-corrected chi connectivity index (χ2v) is 14.3. The molecule has 0 aliphatic heterocycles. The Morgan fingerprint density at radius 3 is 1.56 bits per heavy atom. The third-order valence-electron chi connectivity index (χ3n) is 9.63. The highest BCUT2D eigenvalue weighted by molar-refractivity contribution is 7.18. The van der Waals surface area contributed by atoms with E-state index in [2.05, 4.69) is 138 Å². The van der Waals surface area contributed by atoms with Crippen LogP contribution in [0.4, 0.5) is 11.4 Å². The Kier molecular flexibility index (Phi) is 9.28. The maximum atomic E-state index is 4.98. The standard InChI is InChI=1S/C49H36N4S/c1-5-15-35(16-6-1)37-27-29-42(30-28-37)53(43-25-13-23-40(33-43)36-17-7-2-8-18-36)44-26-14-24-41(34-44)45-31-32-46(54-45)49-51-47(38-19-9-3-10-20-38)50-48(52-49)39-21-11-4-12-22-39/h1-12,14-24,26-34H,13,25H2. The van der Waals surface area contributed by atoms with Gasteiger partial charge in [0.15, 0.2) is 17.5 Å². The molecule has 1 aliphatic carbocycles. The molecule has 2 heterocycles. The van der Waals surface area contributed by atoms with Crippen LogP contribution in [0.25, 0.3) is 60.6 Å². The van der Waals surface area contributed by atoms with Gasteiger partial charge < -0.3 is 4.90 Å². The molecule has 2 aromatic heterocycles. The van der Waals surface area contributed by atoms with Crippen molar-refractivity contribution in [2.45, 2.75) is 12.8 Å². The van der Waals surface area contributed by atoms with Crippen LogP contribution in [-0.4, -0.2) is 15.0 Å². The summed E-state index contributed by atoms with van der Waals surface area (Å²) in [6.45, 7) is 0. The van der Waals surface area contributed by atoms with Crippen molar-refractivity contribution < 1.29 is 0 Å². The Labute approximate surface area is 320 Å². The van der Waals surface area contributed by atoms with E-state index >= 15 is 0 Å². The van der Waals surface area contributed by atoms with Crippen LogP contribution in [0.3, 0.4) is 0 Å². The topological polar surface area (TPSA) is 41.9 Å². The number of allylic oxidation sites excluding steroid dienone is 4. The molecule has 0 fully saturated rings. The van der Waals surface area contributed by atoms with Crippen molar-refractivity contribution in [3.63, 3.8) is 0 Å². The third-order valence-corrected chi connectivity index (χ3v) is 10.8. The van der Waals surface area contributed by atoms with E-state index in [9.17, 15) is 0 Å². The van der Waals surface area contributed by atoms with Gasteiger partial charge in [0.25, 0.3) is 0 Å². The minimum absolute atomic E-state index is 0.662. The molecule has 8 aromatic rings. The highest BCUT2D eigenvalue weighted by Crippen LogP contribution is 2.40. The average Bonchev–Trinajstić information content (AvgIpc) is 3.76. The number of thiophene rings is 1. The van der Waals surface area contributed by atoms with Gasteiger partial charge in [0.05, 0.1) is 4.88 Å². The summed E-state index contributed by atoms with van der Waals surface area (Å²) in [4.78, 5) is 19.4. The third kappa shape index (κ3) is 7.05. The number of anilines is 2. The molecule has 5 heteroatoms. The SMILES string of the molecule is C1=C(c2ccccc2)C=C(N(c2ccc(-c3ccccc3)cc2)c2cccc(-c3ccc(-c4nc(-c5ccccc5)nc(-c5ccccc5)n4)s3)c2)CC1. The number of benzene rings is 6. The summed E-state index contributed by atoms with van der Waals surface area (Å²) in [5.41, 5.74) is 11.5. The number of hydrogen-bond acceptors (Lipinski definition) is 5. The van der Waals surface area contributed by atoms with Crippen molar-refractivity contribution >= 4 is 28.3 Å². The molecule has 0 spiro atoms. The maximum Gasteiger partial charge on any atom is 0.174 e. The lowest BCUT2D eigenvalue weighted by Crippen LogP contribution is -2.18. The van der Waals surface area contributed by atoms with Gasteiger partial charge in [-0.1, -0.05) is 152 Å². The van der Waals surface area contributed by atoms with Crippen molar-refractivity contribution in [2.24, 2.45) is 0 Å². The Balaban J connectivity index is 1.10. The van der Waals surface area contributed by atoms with Gasteiger partial charge in [-0.05, 0) is 83.1 Å². The van der Waals surface area contributed by atoms with Gasteiger partial charge in [0, 0.05) is 33.1 Å². The summed E-state index contributed by atoms with van der Waals surface area (Å²) in [5, 5.41) is 0. The van der Waals surface area contributed by atoms with E-state index in [0.29, 0.717) is 17.5 Å². The lowest BCUT2D eigenvalue weighted by atomic mass is 9.96. The number of aromatic nitrogens is 3. The Morgan fingerprint density at radius 1 is 0.407 bits per heavy atom. The van der Waals surface area contributed by atoms with Crippen LogP contribution in [-0.2, 0) is 0 Å². The van der Waals surface area contributed by atoms with Crippen LogP contribution in [0.5, 0.6) is 0 Å². The van der Waals surface area contributed by atoms with Gasteiger partial charge in [0.2, 0.25) is 0 Å². The zero-order valence-corrected chi connectivity index (χ0v) is 30.4. The zero-order chi connectivity index (χ0) is 36.1. The molecular formula is C49H36N4S. The first-order valence-electron chi connectivity index (χ1n) is 18.2. The number of nitrogens with zero attached hydrogens (tertiary/aromatic N) is 4. The van der Waals surface area contributed by atoms with E-state index in [1.807, 2.05) is 60.7 Å². The molecule has 4 nitrogen and oxygen atoms in total. The zero-order valence-electron chi connectivity index (χ0n) is 29.6. The van der Waals surface area contributed by atoms with Gasteiger partial charge in [-0.3, -0.25) is 0 Å². The lowest BCUT2D eigenvalue weighted by Gasteiger charge is -2.30. The Morgan fingerprint density at radius 2 is 0.926 bits per heavy atom. The molecular weight excluding hydrogens is 677 g/mol. The van der Waals surface area contributed by atoms with Crippen molar-refractivity contribution in [3.8, 4) is 55.0 Å². The van der Waals surface area contributed by atoms with E-state index in [0.717, 1.165) is 50.7 Å². The predicted octanol–water partition coefficient (Wildman–Crippen LogP) is 13.2. The van der Waals surface area contributed by atoms with Crippen molar-refractivity contribution in [3.05, 3.63) is 205 Å². The average molecular weight is 713 g/mol. The van der Waals surface area contributed by atoms with Crippen molar-refractivity contribution in [1.29, 1.82) is 0 Å². The molecule has 9 rings (SSSR count). The van der Waals surface area contributed by atoms with E-state index < -0.39 is 0 Å². The Bertz CT molecular complexity index is 2520. The normalized spacial score (nSPS) is 12.5.